The first-order valence-electron chi connectivity index (χ1n) is 9.28. The molecule has 0 radical (unpaired) electrons. The predicted octanol–water partition coefficient (Wildman–Crippen LogP) is 6.03. The molecule has 158 valence electrons. The normalized spacial score (nSPS) is 12.2. The highest BCUT2D eigenvalue weighted by atomic mass is 32.2. The molecule has 1 amide bonds. The van der Waals surface area contributed by atoms with E-state index >= 15 is 0 Å². The lowest BCUT2D eigenvalue weighted by atomic mass is 10.1. The molecule has 3 rings (SSSR count). The van der Waals surface area contributed by atoms with Crippen LogP contribution >= 0.6 is 23.5 Å². The Morgan fingerprint density at radius 3 is 2.47 bits per heavy atom. The number of halogens is 3. The molecule has 1 aromatic heterocycles. The van der Waals surface area contributed by atoms with Crippen molar-refractivity contribution in [1.29, 1.82) is 0 Å². The molecule has 2 aromatic carbocycles. The SMILES string of the molecule is CC(C)(Sc1ccc(C(F)(F)F)cn1)C(=O)NCCSc1cccc2ccccc12. The number of rotatable bonds is 7. The predicted molar refractivity (Wildman–Crippen MR) is 117 cm³/mol. The van der Waals surface area contributed by atoms with E-state index in [9.17, 15) is 18.0 Å². The van der Waals surface area contributed by atoms with Gasteiger partial charge in [-0.3, -0.25) is 4.79 Å². The van der Waals surface area contributed by atoms with E-state index in [-0.39, 0.29) is 5.91 Å². The maximum Gasteiger partial charge on any atom is 0.417 e. The molecule has 0 fully saturated rings. The number of pyridine rings is 1. The largest absolute Gasteiger partial charge is 0.417 e. The zero-order valence-electron chi connectivity index (χ0n) is 16.5. The molecule has 0 aliphatic heterocycles. The van der Waals surface area contributed by atoms with Gasteiger partial charge in [0.2, 0.25) is 5.91 Å². The van der Waals surface area contributed by atoms with Gasteiger partial charge in [0.25, 0.3) is 0 Å². The maximum absolute atomic E-state index is 12.7. The van der Waals surface area contributed by atoms with Gasteiger partial charge < -0.3 is 5.32 Å². The van der Waals surface area contributed by atoms with Crippen LogP contribution < -0.4 is 5.32 Å². The number of nitrogens with one attached hydrogen (secondary N) is 1. The van der Waals surface area contributed by atoms with Crippen LogP contribution in [0.15, 0.2) is 70.7 Å². The van der Waals surface area contributed by atoms with E-state index in [4.69, 9.17) is 0 Å². The molecule has 30 heavy (non-hydrogen) atoms. The summed E-state index contributed by atoms with van der Waals surface area (Å²) in [5.74, 6) is 0.520. The number of nitrogens with zero attached hydrogens (tertiary/aromatic N) is 1. The number of hydrogen-bond acceptors (Lipinski definition) is 4. The summed E-state index contributed by atoms with van der Waals surface area (Å²) < 4.78 is 37.1. The second kappa shape index (κ2) is 9.31. The fraction of sp³-hybridized carbons (Fsp3) is 0.273. The van der Waals surface area contributed by atoms with Crippen LogP contribution in [-0.4, -0.2) is 27.9 Å². The standard InChI is InChI=1S/C22H21F3N2OS2/c1-21(2,30-19-11-10-16(14-27-19)22(23,24)25)20(28)26-12-13-29-18-9-5-7-15-6-3-4-8-17(15)18/h3-11,14H,12-13H2,1-2H3,(H,26,28). The van der Waals surface area contributed by atoms with Crippen molar-refractivity contribution in [2.75, 3.05) is 12.3 Å². The Morgan fingerprint density at radius 1 is 1.03 bits per heavy atom. The van der Waals surface area contributed by atoms with Crippen LogP contribution in [0.25, 0.3) is 10.8 Å². The van der Waals surface area contributed by atoms with E-state index in [0.717, 1.165) is 28.9 Å². The molecule has 0 atom stereocenters. The monoisotopic (exact) mass is 450 g/mol. The van der Waals surface area contributed by atoms with Crippen molar-refractivity contribution in [3.05, 3.63) is 66.4 Å². The van der Waals surface area contributed by atoms with Crippen LogP contribution in [0.3, 0.4) is 0 Å². The number of carbonyl (C=O) groups is 1. The quantitative estimate of drug-likeness (QED) is 0.352. The second-order valence-electron chi connectivity index (χ2n) is 7.08. The molecule has 8 heteroatoms. The third-order valence-corrected chi connectivity index (χ3v) is 6.59. The van der Waals surface area contributed by atoms with Crippen LogP contribution in [0.4, 0.5) is 13.2 Å². The average molecular weight is 451 g/mol. The lowest BCUT2D eigenvalue weighted by Gasteiger charge is -2.22. The molecule has 1 heterocycles. The van der Waals surface area contributed by atoms with E-state index in [1.807, 2.05) is 18.2 Å². The Balaban J connectivity index is 1.52. The number of benzene rings is 2. The molecule has 0 aliphatic rings. The van der Waals surface area contributed by atoms with Crippen molar-refractivity contribution in [2.45, 2.75) is 34.7 Å². The fourth-order valence-corrected chi connectivity index (χ4v) is 4.65. The molecule has 0 saturated heterocycles. The summed E-state index contributed by atoms with van der Waals surface area (Å²) in [6.07, 6.45) is -3.64. The summed E-state index contributed by atoms with van der Waals surface area (Å²) in [6, 6.07) is 16.6. The maximum atomic E-state index is 12.7. The number of fused-ring (bicyclic) bond motifs is 1. The Bertz CT molecular complexity index is 1020. The third-order valence-electron chi connectivity index (χ3n) is 4.37. The van der Waals surface area contributed by atoms with Crippen LogP contribution in [0.2, 0.25) is 0 Å². The van der Waals surface area contributed by atoms with Gasteiger partial charge >= 0.3 is 6.18 Å². The molecule has 3 nitrogen and oxygen atoms in total. The Morgan fingerprint density at radius 2 is 1.77 bits per heavy atom. The van der Waals surface area contributed by atoms with Crippen LogP contribution in [0.5, 0.6) is 0 Å². The minimum Gasteiger partial charge on any atom is -0.354 e. The molecule has 0 spiro atoms. The smallest absolute Gasteiger partial charge is 0.354 e. The topological polar surface area (TPSA) is 42.0 Å². The van der Waals surface area contributed by atoms with Gasteiger partial charge in [0.15, 0.2) is 0 Å². The summed E-state index contributed by atoms with van der Waals surface area (Å²) in [5, 5.41) is 5.63. The zero-order chi connectivity index (χ0) is 21.8. The molecule has 0 saturated carbocycles. The Hall–Kier alpha value is -2.19. The number of carbonyl (C=O) groups excluding carboxylic acids is 1. The Kier molecular flexibility index (Phi) is 6.98. The summed E-state index contributed by atoms with van der Waals surface area (Å²) in [7, 11) is 0. The molecule has 0 aliphatic carbocycles. The van der Waals surface area contributed by atoms with Crippen molar-refractivity contribution >= 4 is 40.2 Å². The van der Waals surface area contributed by atoms with Gasteiger partial charge in [0, 0.05) is 23.4 Å². The van der Waals surface area contributed by atoms with E-state index < -0.39 is 16.5 Å². The highest BCUT2D eigenvalue weighted by Gasteiger charge is 2.32. The second-order valence-corrected chi connectivity index (χ2v) is 9.86. The molecule has 1 N–H and O–H groups in total. The summed E-state index contributed by atoms with van der Waals surface area (Å²) in [6.45, 7) is 3.94. The molecule has 0 bridgehead atoms. The summed E-state index contributed by atoms with van der Waals surface area (Å²) >= 11 is 2.80. The van der Waals surface area contributed by atoms with Crippen molar-refractivity contribution < 1.29 is 18.0 Å². The molecular formula is C22H21F3N2OS2. The van der Waals surface area contributed by atoms with Gasteiger partial charge in [-0.1, -0.05) is 48.2 Å². The average Bonchev–Trinajstić information content (AvgIpc) is 2.70. The van der Waals surface area contributed by atoms with Crippen LogP contribution in [0, 0.1) is 0 Å². The first kappa shape index (κ1) is 22.5. The molecular weight excluding hydrogens is 429 g/mol. The van der Waals surface area contributed by atoms with Gasteiger partial charge in [-0.2, -0.15) is 13.2 Å². The Labute approximate surface area is 181 Å². The van der Waals surface area contributed by atoms with Crippen LogP contribution in [0.1, 0.15) is 19.4 Å². The van der Waals surface area contributed by atoms with Crippen molar-refractivity contribution in [3.63, 3.8) is 0 Å². The fourth-order valence-electron chi connectivity index (χ4n) is 2.78. The number of aromatic nitrogens is 1. The summed E-state index contributed by atoms with van der Waals surface area (Å²) in [5.41, 5.74) is -0.806. The zero-order valence-corrected chi connectivity index (χ0v) is 18.1. The number of thioether (sulfide) groups is 2. The van der Waals surface area contributed by atoms with Crippen LogP contribution in [-0.2, 0) is 11.0 Å². The van der Waals surface area contributed by atoms with Crippen molar-refractivity contribution in [1.82, 2.24) is 10.3 Å². The lowest BCUT2D eigenvalue weighted by molar-refractivity contribution is -0.137. The first-order chi connectivity index (χ1) is 14.2. The number of alkyl halides is 3. The minimum atomic E-state index is -4.43. The van der Waals surface area contributed by atoms with E-state index in [2.05, 4.69) is 34.6 Å². The highest BCUT2D eigenvalue weighted by Crippen LogP contribution is 2.34. The van der Waals surface area contributed by atoms with E-state index in [1.165, 1.54) is 16.8 Å². The highest BCUT2D eigenvalue weighted by molar-refractivity contribution is 8.01. The summed E-state index contributed by atoms with van der Waals surface area (Å²) in [4.78, 5) is 17.6. The minimum absolute atomic E-state index is 0.187. The van der Waals surface area contributed by atoms with Gasteiger partial charge in [-0.05, 0) is 42.8 Å². The van der Waals surface area contributed by atoms with Gasteiger partial charge in [-0.15, -0.1) is 11.8 Å². The molecule has 0 unspecified atom stereocenters. The lowest BCUT2D eigenvalue weighted by Crippen LogP contribution is -2.40. The van der Waals surface area contributed by atoms with Crippen molar-refractivity contribution in [2.24, 2.45) is 0 Å². The van der Waals surface area contributed by atoms with E-state index in [1.54, 1.807) is 25.6 Å². The van der Waals surface area contributed by atoms with E-state index in [0.29, 0.717) is 17.3 Å². The van der Waals surface area contributed by atoms with Gasteiger partial charge in [-0.25, -0.2) is 4.98 Å². The third kappa shape index (κ3) is 5.70. The van der Waals surface area contributed by atoms with Gasteiger partial charge in [0.1, 0.15) is 0 Å². The number of amides is 1. The first-order valence-corrected chi connectivity index (χ1v) is 11.1. The molecule has 3 aromatic rings. The van der Waals surface area contributed by atoms with Gasteiger partial charge in [0.05, 0.1) is 15.3 Å². The van der Waals surface area contributed by atoms with Crippen molar-refractivity contribution in [3.8, 4) is 0 Å². The number of hydrogen-bond donors (Lipinski definition) is 1.